The molecule has 94 valence electrons. The monoisotopic (exact) mass is 237 g/mol. The highest BCUT2D eigenvalue weighted by Gasteiger charge is 2.12. The molecule has 6 heteroatoms. The van der Waals surface area contributed by atoms with E-state index in [1.165, 1.54) is 12.8 Å². The van der Waals surface area contributed by atoms with Crippen molar-refractivity contribution in [3.8, 4) is 0 Å². The molecule has 4 N–H and O–H groups in total. The standard InChI is InChI=1S/C11H19N5O/c12-11(17)8-16-7-10(6-15-16)14-5-9-2-1-3-13-4-9/h6-7,9,13-14H,1-5,8H2,(H2,12,17). The first-order chi connectivity index (χ1) is 8.24. The smallest absolute Gasteiger partial charge is 0.239 e. The molecule has 0 spiro atoms. The van der Waals surface area contributed by atoms with Gasteiger partial charge in [0.2, 0.25) is 5.91 Å². The lowest BCUT2D eigenvalue weighted by atomic mass is 10.00. The first kappa shape index (κ1) is 11.9. The number of nitrogens with two attached hydrogens (primary N) is 1. The quantitative estimate of drug-likeness (QED) is 0.661. The van der Waals surface area contributed by atoms with Crippen LogP contribution < -0.4 is 16.4 Å². The summed E-state index contributed by atoms with van der Waals surface area (Å²) in [6.07, 6.45) is 6.03. The number of nitrogens with zero attached hydrogens (tertiary/aromatic N) is 2. The fraction of sp³-hybridized carbons (Fsp3) is 0.636. The molecule has 0 aromatic carbocycles. The Morgan fingerprint density at radius 3 is 3.29 bits per heavy atom. The van der Waals surface area contributed by atoms with E-state index in [4.69, 9.17) is 5.73 Å². The number of rotatable bonds is 5. The number of hydrogen-bond acceptors (Lipinski definition) is 4. The summed E-state index contributed by atoms with van der Waals surface area (Å²) in [4.78, 5) is 10.7. The van der Waals surface area contributed by atoms with E-state index in [0.29, 0.717) is 5.92 Å². The van der Waals surface area contributed by atoms with Crippen molar-refractivity contribution in [3.05, 3.63) is 12.4 Å². The van der Waals surface area contributed by atoms with E-state index in [9.17, 15) is 4.79 Å². The number of primary amides is 1. The predicted molar refractivity (Wildman–Crippen MR) is 65.5 cm³/mol. The van der Waals surface area contributed by atoms with Crippen molar-refractivity contribution in [2.24, 2.45) is 11.7 Å². The highest BCUT2D eigenvalue weighted by molar-refractivity contribution is 5.73. The molecule has 1 amide bonds. The Morgan fingerprint density at radius 2 is 2.59 bits per heavy atom. The molecular formula is C11H19N5O. The van der Waals surface area contributed by atoms with Crippen molar-refractivity contribution in [2.75, 3.05) is 25.0 Å². The third-order valence-electron chi connectivity index (χ3n) is 2.94. The number of carbonyl (C=O) groups is 1. The van der Waals surface area contributed by atoms with E-state index in [2.05, 4.69) is 15.7 Å². The van der Waals surface area contributed by atoms with Gasteiger partial charge in [0.25, 0.3) is 0 Å². The van der Waals surface area contributed by atoms with Gasteiger partial charge in [-0.2, -0.15) is 5.10 Å². The van der Waals surface area contributed by atoms with E-state index in [1.54, 1.807) is 17.1 Å². The van der Waals surface area contributed by atoms with Crippen molar-refractivity contribution in [1.82, 2.24) is 15.1 Å². The van der Waals surface area contributed by atoms with Gasteiger partial charge in [0.05, 0.1) is 11.9 Å². The van der Waals surface area contributed by atoms with E-state index in [-0.39, 0.29) is 12.5 Å². The average molecular weight is 237 g/mol. The van der Waals surface area contributed by atoms with Crippen molar-refractivity contribution >= 4 is 11.6 Å². The Kier molecular flexibility index (Phi) is 3.98. The second kappa shape index (κ2) is 5.67. The van der Waals surface area contributed by atoms with Gasteiger partial charge in [0.1, 0.15) is 6.54 Å². The topological polar surface area (TPSA) is 85.0 Å². The summed E-state index contributed by atoms with van der Waals surface area (Å²) in [5, 5.41) is 10.8. The van der Waals surface area contributed by atoms with Gasteiger partial charge in [-0.25, -0.2) is 0 Å². The van der Waals surface area contributed by atoms with E-state index in [0.717, 1.165) is 25.3 Å². The highest BCUT2D eigenvalue weighted by atomic mass is 16.1. The fourth-order valence-electron chi connectivity index (χ4n) is 2.06. The molecule has 0 bridgehead atoms. The van der Waals surface area contributed by atoms with Crippen molar-refractivity contribution in [2.45, 2.75) is 19.4 Å². The van der Waals surface area contributed by atoms with Crippen molar-refractivity contribution in [3.63, 3.8) is 0 Å². The van der Waals surface area contributed by atoms with Gasteiger partial charge < -0.3 is 16.4 Å². The number of hydrogen-bond donors (Lipinski definition) is 3. The molecule has 17 heavy (non-hydrogen) atoms. The van der Waals surface area contributed by atoms with Crippen LogP contribution in [0.3, 0.4) is 0 Å². The molecule has 1 aliphatic rings. The number of anilines is 1. The van der Waals surface area contributed by atoms with Crippen LogP contribution in [-0.4, -0.2) is 35.3 Å². The summed E-state index contributed by atoms with van der Waals surface area (Å²) in [6.45, 7) is 3.28. The zero-order valence-electron chi connectivity index (χ0n) is 9.85. The molecule has 0 radical (unpaired) electrons. The number of aromatic nitrogens is 2. The summed E-state index contributed by atoms with van der Waals surface area (Å²) in [6, 6.07) is 0. The van der Waals surface area contributed by atoms with E-state index >= 15 is 0 Å². The van der Waals surface area contributed by atoms with Crippen LogP contribution in [-0.2, 0) is 11.3 Å². The summed E-state index contributed by atoms with van der Waals surface area (Å²) in [7, 11) is 0. The molecule has 1 aliphatic heterocycles. The molecule has 0 saturated carbocycles. The van der Waals surface area contributed by atoms with Crippen LogP contribution >= 0.6 is 0 Å². The fourth-order valence-corrected chi connectivity index (χ4v) is 2.06. The lowest BCUT2D eigenvalue weighted by Crippen LogP contribution is -2.33. The maximum absolute atomic E-state index is 10.7. The van der Waals surface area contributed by atoms with Crippen molar-refractivity contribution in [1.29, 1.82) is 0 Å². The number of amides is 1. The van der Waals surface area contributed by atoms with E-state index in [1.807, 2.05) is 0 Å². The second-order valence-electron chi connectivity index (χ2n) is 4.49. The third kappa shape index (κ3) is 3.74. The molecule has 6 nitrogen and oxygen atoms in total. The summed E-state index contributed by atoms with van der Waals surface area (Å²) >= 11 is 0. The van der Waals surface area contributed by atoms with Crippen LogP contribution in [0, 0.1) is 5.92 Å². The van der Waals surface area contributed by atoms with Gasteiger partial charge in [-0.15, -0.1) is 0 Å². The average Bonchev–Trinajstić information content (AvgIpc) is 2.75. The van der Waals surface area contributed by atoms with Crippen LogP contribution in [0.25, 0.3) is 0 Å². The van der Waals surface area contributed by atoms with Crippen LogP contribution in [0.1, 0.15) is 12.8 Å². The molecule has 0 aliphatic carbocycles. The molecule has 1 unspecified atom stereocenters. The van der Waals surface area contributed by atoms with Gasteiger partial charge >= 0.3 is 0 Å². The Balaban J connectivity index is 1.78. The maximum Gasteiger partial charge on any atom is 0.239 e. The Morgan fingerprint density at radius 1 is 1.71 bits per heavy atom. The molecule has 2 heterocycles. The predicted octanol–water partition coefficient (Wildman–Crippen LogP) is -0.220. The van der Waals surface area contributed by atoms with Crippen LogP contribution in [0.4, 0.5) is 5.69 Å². The summed E-state index contributed by atoms with van der Waals surface area (Å²) in [5.41, 5.74) is 6.04. The van der Waals surface area contributed by atoms with Gasteiger partial charge in [-0.3, -0.25) is 9.48 Å². The normalized spacial score (nSPS) is 20.1. The lowest BCUT2D eigenvalue weighted by molar-refractivity contribution is -0.118. The molecule has 2 rings (SSSR count). The molecule has 1 aromatic heterocycles. The minimum absolute atomic E-state index is 0.132. The zero-order chi connectivity index (χ0) is 12.1. The first-order valence-electron chi connectivity index (χ1n) is 5.99. The lowest BCUT2D eigenvalue weighted by Gasteiger charge is -2.22. The number of carbonyl (C=O) groups excluding carboxylic acids is 1. The number of piperidine rings is 1. The highest BCUT2D eigenvalue weighted by Crippen LogP contribution is 2.12. The summed E-state index contributed by atoms with van der Waals surface area (Å²) in [5.74, 6) is 0.291. The largest absolute Gasteiger partial charge is 0.382 e. The Bertz CT molecular complexity index is 370. The Labute approximate surface area is 101 Å². The molecule has 1 fully saturated rings. The SMILES string of the molecule is NC(=O)Cn1cc(NCC2CCCNC2)cn1. The molecule has 1 saturated heterocycles. The van der Waals surface area contributed by atoms with Gasteiger partial charge in [-0.05, 0) is 31.8 Å². The zero-order valence-corrected chi connectivity index (χ0v) is 9.85. The Hall–Kier alpha value is -1.56. The summed E-state index contributed by atoms with van der Waals surface area (Å²) < 4.78 is 1.55. The van der Waals surface area contributed by atoms with Crippen LogP contribution in [0.15, 0.2) is 12.4 Å². The first-order valence-corrected chi connectivity index (χ1v) is 5.99. The van der Waals surface area contributed by atoms with E-state index < -0.39 is 0 Å². The van der Waals surface area contributed by atoms with Gasteiger partial charge in [0.15, 0.2) is 0 Å². The number of nitrogens with one attached hydrogen (secondary N) is 2. The maximum atomic E-state index is 10.7. The third-order valence-corrected chi connectivity index (χ3v) is 2.94. The molecular weight excluding hydrogens is 218 g/mol. The van der Waals surface area contributed by atoms with Gasteiger partial charge in [0, 0.05) is 12.7 Å². The minimum Gasteiger partial charge on any atom is -0.382 e. The minimum atomic E-state index is -0.379. The molecule has 1 aromatic rings. The van der Waals surface area contributed by atoms with Gasteiger partial charge in [-0.1, -0.05) is 0 Å². The molecule has 1 atom stereocenters. The van der Waals surface area contributed by atoms with Crippen LogP contribution in [0.5, 0.6) is 0 Å². The van der Waals surface area contributed by atoms with Crippen LogP contribution in [0.2, 0.25) is 0 Å². The second-order valence-corrected chi connectivity index (χ2v) is 4.49. The van der Waals surface area contributed by atoms with Crippen molar-refractivity contribution < 1.29 is 4.79 Å².